The van der Waals surface area contributed by atoms with Crippen molar-refractivity contribution in [2.75, 3.05) is 25.4 Å². The monoisotopic (exact) mass is 696 g/mol. The third-order valence-electron chi connectivity index (χ3n) is 7.37. The Morgan fingerprint density at radius 1 is 1.26 bits per heavy atom. The molecule has 2 aliphatic heterocycles. The molecule has 0 aliphatic carbocycles. The van der Waals surface area contributed by atoms with E-state index in [0.717, 1.165) is 37.3 Å². The zero-order valence-corrected chi connectivity index (χ0v) is 27.3. The Balaban J connectivity index is 1.46. The molecule has 0 radical (unpaired) electrons. The van der Waals surface area contributed by atoms with Gasteiger partial charge >= 0.3 is 16.4 Å². The fourth-order valence-corrected chi connectivity index (χ4v) is 6.04. The van der Waals surface area contributed by atoms with Crippen LogP contribution in [-0.2, 0) is 40.3 Å². The maximum absolute atomic E-state index is 13.4. The molecule has 2 fully saturated rings. The number of nitrogens with zero attached hydrogens (tertiary/aromatic N) is 3. The van der Waals surface area contributed by atoms with Crippen molar-refractivity contribution in [3.05, 3.63) is 40.4 Å². The number of carbonyl (C=O) groups excluding carboxylic acids is 2. The molecule has 2 saturated heterocycles. The number of nitrogen functional groups attached to an aromatic ring is 1. The first kappa shape index (κ1) is 35.5. The SMILES string of the molecule is CCc1sc(N)nc1/C(=N/OC(COc1ccc(C(=N)NC2CCNCC2)cc1)C(=O)O)C(=O)N[C@@H]1C(=O)N(OS(=O)(=O)O)C1(C)C. The number of oxime groups is 1. The van der Waals surface area contributed by atoms with Crippen LogP contribution in [-0.4, -0.2) is 101 Å². The minimum absolute atomic E-state index is 0.00989. The third-order valence-corrected chi connectivity index (χ3v) is 8.74. The maximum Gasteiger partial charge on any atom is 0.418 e. The van der Waals surface area contributed by atoms with E-state index in [9.17, 15) is 27.9 Å². The van der Waals surface area contributed by atoms with Crippen LogP contribution in [0.2, 0.25) is 0 Å². The molecule has 2 aliphatic rings. The van der Waals surface area contributed by atoms with E-state index in [0.29, 0.717) is 27.7 Å². The van der Waals surface area contributed by atoms with Crippen molar-refractivity contribution in [3.63, 3.8) is 0 Å². The Morgan fingerprint density at radius 2 is 1.91 bits per heavy atom. The lowest BCUT2D eigenvalue weighted by Gasteiger charge is -2.50. The van der Waals surface area contributed by atoms with E-state index in [1.807, 2.05) is 0 Å². The van der Waals surface area contributed by atoms with Gasteiger partial charge in [-0.05, 0) is 70.5 Å². The van der Waals surface area contributed by atoms with Gasteiger partial charge < -0.3 is 36.4 Å². The number of hydrogen-bond acceptors (Lipinski definition) is 14. The molecule has 1 aromatic carbocycles. The van der Waals surface area contributed by atoms with Crippen LogP contribution >= 0.6 is 11.3 Å². The van der Waals surface area contributed by atoms with Crippen LogP contribution in [0.4, 0.5) is 5.13 Å². The molecule has 3 heterocycles. The molecule has 18 nitrogen and oxygen atoms in total. The fraction of sp³-hybridized carbons (Fsp3) is 0.481. The lowest BCUT2D eigenvalue weighted by Crippen LogP contribution is -2.76. The van der Waals surface area contributed by atoms with E-state index in [-0.39, 0.29) is 22.7 Å². The summed E-state index contributed by atoms with van der Waals surface area (Å²) in [7, 11) is -5.02. The largest absolute Gasteiger partial charge is 0.489 e. The van der Waals surface area contributed by atoms with E-state index in [2.05, 4.69) is 30.4 Å². The minimum atomic E-state index is -5.02. The molecule has 4 rings (SSSR count). The first-order valence-electron chi connectivity index (χ1n) is 14.4. The molecule has 8 N–H and O–H groups in total. The van der Waals surface area contributed by atoms with Crippen molar-refractivity contribution < 1.29 is 46.3 Å². The van der Waals surface area contributed by atoms with Gasteiger partial charge in [0.25, 0.3) is 17.9 Å². The van der Waals surface area contributed by atoms with Gasteiger partial charge in [-0.2, -0.15) is 13.5 Å². The van der Waals surface area contributed by atoms with E-state index in [4.69, 9.17) is 25.3 Å². The summed E-state index contributed by atoms with van der Waals surface area (Å²) in [6, 6.07) is 5.34. The average Bonchev–Trinajstić information content (AvgIpc) is 3.40. The number of anilines is 1. The summed E-state index contributed by atoms with van der Waals surface area (Å²) in [6.07, 6.45) is 0.484. The van der Waals surface area contributed by atoms with Crippen LogP contribution in [0.3, 0.4) is 0 Å². The number of carboxylic acids is 1. The van der Waals surface area contributed by atoms with Crippen LogP contribution < -0.4 is 26.4 Å². The number of hydroxylamine groups is 2. The molecule has 0 spiro atoms. The van der Waals surface area contributed by atoms with Gasteiger partial charge in [0.15, 0.2) is 10.8 Å². The van der Waals surface area contributed by atoms with Gasteiger partial charge in [-0.25, -0.2) is 9.78 Å². The van der Waals surface area contributed by atoms with Gasteiger partial charge in [-0.15, -0.1) is 15.6 Å². The van der Waals surface area contributed by atoms with Crippen LogP contribution in [0.25, 0.3) is 0 Å². The van der Waals surface area contributed by atoms with E-state index in [1.165, 1.54) is 13.8 Å². The molecule has 47 heavy (non-hydrogen) atoms. The minimum Gasteiger partial charge on any atom is -0.489 e. The number of benzene rings is 1. The maximum atomic E-state index is 13.4. The molecule has 1 aromatic heterocycles. The number of aryl methyl sites for hydroxylation is 1. The first-order chi connectivity index (χ1) is 22.1. The Hall–Kier alpha value is -4.37. The van der Waals surface area contributed by atoms with Crippen molar-refractivity contribution in [2.45, 2.75) is 63.8 Å². The molecule has 2 aromatic rings. The highest BCUT2D eigenvalue weighted by Crippen LogP contribution is 2.33. The number of nitrogens with one attached hydrogen (secondary N) is 4. The van der Waals surface area contributed by atoms with Crippen LogP contribution in [0, 0.1) is 5.41 Å². The lowest BCUT2D eigenvalue weighted by atomic mass is 9.84. The molecule has 1 unspecified atom stereocenters. The highest BCUT2D eigenvalue weighted by Gasteiger charge is 2.58. The van der Waals surface area contributed by atoms with Crippen LogP contribution in [0.5, 0.6) is 5.75 Å². The Bertz CT molecular complexity index is 1640. The molecule has 0 bridgehead atoms. The van der Waals surface area contributed by atoms with Crippen molar-refractivity contribution >= 4 is 56.2 Å². The zero-order chi connectivity index (χ0) is 34.5. The molecule has 2 atom stereocenters. The average molecular weight is 697 g/mol. The number of β-lactam (4-membered cyclic amide) rings is 1. The highest BCUT2D eigenvalue weighted by atomic mass is 32.3. The second kappa shape index (κ2) is 14.6. The Kier molecular flexibility index (Phi) is 11.0. The third kappa shape index (κ3) is 8.71. The van der Waals surface area contributed by atoms with Crippen LogP contribution in [0.15, 0.2) is 29.4 Å². The molecular weight excluding hydrogens is 660 g/mol. The van der Waals surface area contributed by atoms with E-state index >= 15 is 0 Å². The zero-order valence-electron chi connectivity index (χ0n) is 25.7. The Labute approximate surface area is 274 Å². The number of hydrogen-bond donors (Lipinski definition) is 7. The summed E-state index contributed by atoms with van der Waals surface area (Å²) in [5.74, 6) is -2.91. The first-order valence-corrected chi connectivity index (χ1v) is 16.6. The van der Waals surface area contributed by atoms with Gasteiger partial charge in [0.2, 0.25) is 0 Å². The van der Waals surface area contributed by atoms with Crippen LogP contribution in [0.1, 0.15) is 49.7 Å². The highest BCUT2D eigenvalue weighted by molar-refractivity contribution is 7.80. The van der Waals surface area contributed by atoms with E-state index in [1.54, 1.807) is 31.2 Å². The summed E-state index contributed by atoms with van der Waals surface area (Å²) in [6.45, 7) is 5.74. The number of rotatable bonds is 14. The topological polar surface area (TPSA) is 268 Å². The van der Waals surface area contributed by atoms with Crippen molar-refractivity contribution in [2.24, 2.45) is 5.16 Å². The number of carboxylic acid groups (broad SMARTS) is 1. The van der Waals surface area contributed by atoms with Gasteiger partial charge in [0, 0.05) is 16.5 Å². The van der Waals surface area contributed by atoms with Gasteiger partial charge in [-0.1, -0.05) is 12.1 Å². The van der Waals surface area contributed by atoms with Gasteiger partial charge in [0.1, 0.15) is 29.9 Å². The number of ether oxygens (including phenoxy) is 1. The second-order valence-electron chi connectivity index (χ2n) is 11.1. The number of thiazole rings is 1. The molecule has 0 saturated carbocycles. The standard InChI is InChI=1S/C27H36N8O10S2/c1-4-18-19(32-26(29)46-18)20(23(36)33-21-24(37)35(27(21,2)3)45-47(40,41)42)34-44-17(25(38)39)13-43-16-7-5-14(6-8-16)22(28)31-15-9-11-30-12-10-15/h5-8,15,17,21,30H,4,9-13H2,1-3H3,(H2,28,31)(H2,29,32)(H,33,36)(H,38,39)(H,40,41,42)/b34-20-/t17?,21-/m1/s1. The number of aliphatic carboxylic acids is 1. The fourth-order valence-electron chi connectivity index (χ4n) is 4.81. The summed E-state index contributed by atoms with van der Waals surface area (Å²) in [4.78, 5) is 48.0. The number of amides is 2. The lowest BCUT2D eigenvalue weighted by molar-refractivity contribution is -0.218. The van der Waals surface area contributed by atoms with Gasteiger partial charge in [0.05, 0.1) is 5.54 Å². The quantitative estimate of drug-likeness (QED) is 0.0452. The smallest absolute Gasteiger partial charge is 0.418 e. The van der Waals surface area contributed by atoms with Crippen molar-refractivity contribution in [3.8, 4) is 5.75 Å². The molecule has 256 valence electrons. The molecular formula is C27H36N8O10S2. The molecule has 2 amide bonds. The van der Waals surface area contributed by atoms with Gasteiger partial charge in [-0.3, -0.25) is 19.6 Å². The normalized spacial score (nSPS) is 19.0. The van der Waals surface area contributed by atoms with Crippen molar-refractivity contribution in [1.82, 2.24) is 26.0 Å². The molecule has 20 heteroatoms. The van der Waals surface area contributed by atoms with E-state index < -0.39 is 58.2 Å². The number of amidine groups is 1. The Morgan fingerprint density at radius 3 is 2.49 bits per heavy atom. The number of piperidine rings is 1. The number of aromatic nitrogens is 1. The predicted molar refractivity (Wildman–Crippen MR) is 168 cm³/mol. The summed E-state index contributed by atoms with van der Waals surface area (Å²) in [5.41, 5.74) is 4.54. The predicted octanol–water partition coefficient (Wildman–Crippen LogP) is 0.0476. The number of nitrogens with two attached hydrogens (primary N) is 1. The summed E-state index contributed by atoms with van der Waals surface area (Å²) >= 11 is 1.06. The summed E-state index contributed by atoms with van der Waals surface area (Å²) < 4.78 is 41.2. The summed E-state index contributed by atoms with van der Waals surface area (Å²) in [5, 5.41) is 31.3. The number of carbonyl (C=O) groups is 3. The van der Waals surface area contributed by atoms with Crippen molar-refractivity contribution in [1.29, 1.82) is 5.41 Å². The second-order valence-corrected chi connectivity index (χ2v) is 13.2.